The molecule has 4 nitrogen and oxygen atoms in total. The van der Waals surface area contributed by atoms with Crippen LogP contribution in [0.15, 0.2) is 0 Å². The molecule has 0 fully saturated rings. The van der Waals surface area contributed by atoms with E-state index in [2.05, 4.69) is 30.4 Å². The van der Waals surface area contributed by atoms with E-state index in [0.29, 0.717) is 6.04 Å². The number of nitrogens with one attached hydrogen (secondary N) is 2. The molecule has 1 atom stereocenters. The minimum absolute atomic E-state index is 0.0697. The number of nitrogens with zero attached hydrogens (tertiary/aromatic N) is 1. The second-order valence-corrected chi connectivity index (χ2v) is 4.58. The summed E-state index contributed by atoms with van der Waals surface area (Å²) < 4.78 is 0. The predicted octanol–water partition coefficient (Wildman–Crippen LogP) is 0.933. The zero-order valence-electron chi connectivity index (χ0n) is 10.0. The number of rotatable bonds is 8. The average Bonchev–Trinajstić information content (AvgIpc) is 2.21. The first kappa shape index (κ1) is 14.6. The molecule has 0 aromatic heterocycles. The third-order valence-electron chi connectivity index (χ3n) is 2.51. The van der Waals surface area contributed by atoms with E-state index in [-0.39, 0.29) is 5.96 Å². The van der Waals surface area contributed by atoms with E-state index in [1.807, 2.05) is 11.8 Å². The van der Waals surface area contributed by atoms with E-state index in [1.165, 1.54) is 5.75 Å². The molecule has 0 unspecified atom stereocenters. The molecular formula is C10H24N4S. The number of hydrogen-bond donors (Lipinski definition) is 3. The highest BCUT2D eigenvalue weighted by molar-refractivity contribution is 7.98. The van der Waals surface area contributed by atoms with Crippen LogP contribution in [0.5, 0.6) is 0 Å². The Morgan fingerprint density at radius 1 is 1.60 bits per heavy atom. The maximum atomic E-state index is 7.03. The van der Waals surface area contributed by atoms with E-state index < -0.39 is 0 Å². The third-order valence-corrected chi connectivity index (χ3v) is 3.23. The van der Waals surface area contributed by atoms with Gasteiger partial charge in [0.25, 0.3) is 0 Å². The zero-order valence-corrected chi connectivity index (χ0v) is 10.9. The lowest BCUT2D eigenvalue weighted by molar-refractivity contribution is 0.259. The van der Waals surface area contributed by atoms with Gasteiger partial charge in [0.1, 0.15) is 0 Å². The second kappa shape index (κ2) is 8.85. The quantitative estimate of drug-likeness (QED) is 0.331. The van der Waals surface area contributed by atoms with Gasteiger partial charge in [-0.1, -0.05) is 6.92 Å². The topological polar surface area (TPSA) is 65.1 Å². The van der Waals surface area contributed by atoms with Gasteiger partial charge in [-0.05, 0) is 32.7 Å². The Balaban J connectivity index is 3.70. The van der Waals surface area contributed by atoms with Crippen LogP contribution < -0.4 is 11.1 Å². The normalized spacial score (nSPS) is 12.8. The van der Waals surface area contributed by atoms with Gasteiger partial charge in [-0.2, -0.15) is 11.8 Å². The van der Waals surface area contributed by atoms with Gasteiger partial charge in [-0.25, -0.2) is 0 Å². The summed E-state index contributed by atoms with van der Waals surface area (Å²) in [5, 5.41) is 9.87. The van der Waals surface area contributed by atoms with E-state index in [0.717, 1.165) is 25.9 Å². The first-order chi connectivity index (χ1) is 7.11. The lowest BCUT2D eigenvalue weighted by atomic mass is 10.1. The Morgan fingerprint density at radius 3 is 2.73 bits per heavy atom. The van der Waals surface area contributed by atoms with E-state index in [1.54, 1.807) is 0 Å². The van der Waals surface area contributed by atoms with Crippen molar-refractivity contribution in [1.82, 2.24) is 10.2 Å². The Hall–Kier alpha value is -0.420. The standard InChI is InChI=1S/C10H24N4S/c1-4-14(2)9(8-15-3)6-5-7-13-10(11)12/h9H,4-8H2,1-3H3,(H4,11,12,13)/t9-/m0/s1. The minimum Gasteiger partial charge on any atom is -0.370 e. The molecule has 0 aliphatic rings. The molecule has 0 aromatic carbocycles. The minimum atomic E-state index is 0.0697. The summed E-state index contributed by atoms with van der Waals surface area (Å²) in [6.45, 7) is 4.07. The van der Waals surface area contributed by atoms with Crippen molar-refractivity contribution in [2.24, 2.45) is 5.73 Å². The highest BCUT2D eigenvalue weighted by Gasteiger charge is 2.11. The molecule has 15 heavy (non-hydrogen) atoms. The summed E-state index contributed by atoms with van der Waals surface area (Å²) in [6.07, 6.45) is 4.37. The Bertz CT molecular complexity index is 175. The second-order valence-electron chi connectivity index (χ2n) is 3.67. The highest BCUT2D eigenvalue weighted by atomic mass is 32.2. The fourth-order valence-electron chi connectivity index (χ4n) is 1.44. The largest absolute Gasteiger partial charge is 0.370 e. The van der Waals surface area contributed by atoms with Gasteiger partial charge in [-0.3, -0.25) is 5.41 Å². The maximum absolute atomic E-state index is 7.03. The monoisotopic (exact) mass is 232 g/mol. The Kier molecular flexibility index (Phi) is 8.61. The van der Waals surface area contributed by atoms with Crippen LogP contribution in [0, 0.1) is 5.41 Å². The lowest BCUT2D eigenvalue weighted by Gasteiger charge is -2.26. The number of guanidine groups is 1. The van der Waals surface area contributed by atoms with Crippen LogP contribution in [0.25, 0.3) is 0 Å². The Morgan fingerprint density at radius 2 is 2.27 bits per heavy atom. The molecule has 0 aromatic rings. The molecule has 0 heterocycles. The van der Waals surface area contributed by atoms with Crippen LogP contribution in [-0.2, 0) is 0 Å². The summed E-state index contributed by atoms with van der Waals surface area (Å²) in [5.74, 6) is 1.24. The fraction of sp³-hybridized carbons (Fsp3) is 0.900. The van der Waals surface area contributed by atoms with E-state index in [4.69, 9.17) is 11.1 Å². The molecule has 0 rings (SSSR count). The SMILES string of the molecule is CCN(C)[C@@H](CCCNC(=N)N)CSC. The first-order valence-electron chi connectivity index (χ1n) is 5.38. The van der Waals surface area contributed by atoms with Crippen molar-refractivity contribution in [1.29, 1.82) is 5.41 Å². The van der Waals surface area contributed by atoms with Gasteiger partial charge in [-0.15, -0.1) is 0 Å². The van der Waals surface area contributed by atoms with Crippen LogP contribution in [0.2, 0.25) is 0 Å². The van der Waals surface area contributed by atoms with Crippen LogP contribution in [0.3, 0.4) is 0 Å². The van der Waals surface area contributed by atoms with Gasteiger partial charge in [0.2, 0.25) is 0 Å². The summed E-state index contributed by atoms with van der Waals surface area (Å²) in [7, 11) is 2.17. The molecule has 0 aliphatic heterocycles. The molecule has 0 spiro atoms. The maximum Gasteiger partial charge on any atom is 0.185 e. The molecule has 4 N–H and O–H groups in total. The van der Waals surface area contributed by atoms with Gasteiger partial charge in [0.15, 0.2) is 5.96 Å². The van der Waals surface area contributed by atoms with Gasteiger partial charge in [0, 0.05) is 18.3 Å². The molecule has 0 aliphatic carbocycles. The number of thioether (sulfide) groups is 1. The van der Waals surface area contributed by atoms with E-state index in [9.17, 15) is 0 Å². The van der Waals surface area contributed by atoms with Crippen molar-refractivity contribution in [3.05, 3.63) is 0 Å². The fourth-order valence-corrected chi connectivity index (χ4v) is 2.25. The predicted molar refractivity (Wildman–Crippen MR) is 69.6 cm³/mol. The summed E-state index contributed by atoms with van der Waals surface area (Å²) in [6, 6.07) is 0.638. The summed E-state index contributed by atoms with van der Waals surface area (Å²) in [5.41, 5.74) is 5.21. The van der Waals surface area contributed by atoms with Crippen molar-refractivity contribution in [2.75, 3.05) is 32.1 Å². The summed E-state index contributed by atoms with van der Waals surface area (Å²) in [4.78, 5) is 2.38. The molecule has 0 saturated carbocycles. The van der Waals surface area contributed by atoms with Crippen LogP contribution >= 0.6 is 11.8 Å². The van der Waals surface area contributed by atoms with Gasteiger partial charge < -0.3 is 16.0 Å². The van der Waals surface area contributed by atoms with Crippen molar-refractivity contribution in [2.45, 2.75) is 25.8 Å². The molecular weight excluding hydrogens is 208 g/mol. The number of hydrogen-bond acceptors (Lipinski definition) is 3. The molecule has 0 radical (unpaired) electrons. The molecule has 0 bridgehead atoms. The first-order valence-corrected chi connectivity index (χ1v) is 6.78. The molecule has 5 heteroatoms. The average molecular weight is 232 g/mol. The molecule has 90 valence electrons. The number of nitrogens with two attached hydrogens (primary N) is 1. The van der Waals surface area contributed by atoms with Crippen LogP contribution in [0.1, 0.15) is 19.8 Å². The van der Waals surface area contributed by atoms with Crippen molar-refractivity contribution in [3.8, 4) is 0 Å². The lowest BCUT2D eigenvalue weighted by Crippen LogP contribution is -2.35. The van der Waals surface area contributed by atoms with Crippen molar-refractivity contribution in [3.63, 3.8) is 0 Å². The van der Waals surface area contributed by atoms with Crippen LogP contribution in [0.4, 0.5) is 0 Å². The van der Waals surface area contributed by atoms with Gasteiger partial charge in [0.05, 0.1) is 0 Å². The summed E-state index contributed by atoms with van der Waals surface area (Å²) >= 11 is 1.89. The van der Waals surface area contributed by atoms with Crippen molar-refractivity contribution < 1.29 is 0 Å². The molecule has 0 amide bonds. The highest BCUT2D eigenvalue weighted by Crippen LogP contribution is 2.10. The van der Waals surface area contributed by atoms with Crippen LogP contribution in [-0.4, -0.2) is 49.0 Å². The van der Waals surface area contributed by atoms with Gasteiger partial charge >= 0.3 is 0 Å². The smallest absolute Gasteiger partial charge is 0.185 e. The molecule has 0 saturated heterocycles. The van der Waals surface area contributed by atoms with Crippen molar-refractivity contribution >= 4 is 17.7 Å². The van der Waals surface area contributed by atoms with E-state index >= 15 is 0 Å². The third kappa shape index (κ3) is 7.50. The Labute approximate surface area is 97.5 Å². The zero-order chi connectivity index (χ0) is 11.7.